The van der Waals surface area contributed by atoms with E-state index in [0.717, 1.165) is 10.3 Å². The quantitative estimate of drug-likeness (QED) is 0.0957. The van der Waals surface area contributed by atoms with Crippen molar-refractivity contribution in [3.05, 3.63) is 71.9 Å². The zero-order chi connectivity index (χ0) is 34.3. The molecular formula is C33H32ClIN8O4S. The number of pyridine rings is 2. The summed E-state index contributed by atoms with van der Waals surface area (Å²) < 4.78 is 14.9. The summed E-state index contributed by atoms with van der Waals surface area (Å²) in [5.74, 6) is 6.94. The molecule has 5 heterocycles. The van der Waals surface area contributed by atoms with Crippen LogP contribution in [-0.2, 0) is 11.3 Å². The van der Waals surface area contributed by atoms with Crippen LogP contribution in [0.1, 0.15) is 42.5 Å². The lowest BCUT2D eigenvalue weighted by atomic mass is 10.0. The monoisotopic (exact) mass is 798 g/mol. The number of aromatic nitrogens is 4. The highest BCUT2D eigenvalue weighted by Gasteiger charge is 2.25. The van der Waals surface area contributed by atoms with Crippen LogP contribution < -0.4 is 21.0 Å². The molecule has 0 saturated carbocycles. The third-order valence-electron chi connectivity index (χ3n) is 7.81. The molecule has 0 amide bonds. The van der Waals surface area contributed by atoms with Crippen LogP contribution in [0.5, 0.6) is 5.75 Å². The molecule has 48 heavy (non-hydrogen) atoms. The van der Waals surface area contributed by atoms with Gasteiger partial charge in [0.05, 0.1) is 39.4 Å². The number of carbonyl (C=O) groups is 1. The number of piperazine rings is 1. The van der Waals surface area contributed by atoms with Gasteiger partial charge >= 0.3 is 5.97 Å². The van der Waals surface area contributed by atoms with E-state index < -0.39 is 11.6 Å². The largest absolute Gasteiger partial charge is 0.491 e. The maximum absolute atomic E-state index is 13.9. The van der Waals surface area contributed by atoms with Gasteiger partial charge in [-0.1, -0.05) is 11.6 Å². The molecule has 0 radical (unpaired) electrons. The fourth-order valence-electron chi connectivity index (χ4n) is 5.59. The number of nitriles is 1. The Morgan fingerprint density at radius 3 is 2.62 bits per heavy atom. The Kier molecular flexibility index (Phi) is 9.60. The van der Waals surface area contributed by atoms with E-state index in [1.807, 2.05) is 37.8 Å². The molecule has 4 aromatic heterocycles. The Balaban J connectivity index is 1.32. The number of carbonyl (C=O) groups excluding carboxylic acids is 1. The Bertz CT molecular complexity index is 2170. The van der Waals surface area contributed by atoms with Crippen molar-refractivity contribution in [2.24, 2.45) is 5.84 Å². The molecule has 248 valence electrons. The van der Waals surface area contributed by atoms with Gasteiger partial charge in [-0.25, -0.2) is 24.8 Å². The predicted molar refractivity (Wildman–Crippen MR) is 195 cm³/mol. The number of hydrazine groups is 1. The van der Waals surface area contributed by atoms with E-state index in [1.165, 1.54) is 15.9 Å². The summed E-state index contributed by atoms with van der Waals surface area (Å²) in [6, 6.07) is 9.44. The van der Waals surface area contributed by atoms with E-state index in [4.69, 9.17) is 26.9 Å². The van der Waals surface area contributed by atoms with Crippen LogP contribution >= 0.6 is 45.5 Å². The van der Waals surface area contributed by atoms with E-state index in [1.54, 1.807) is 35.6 Å². The smallest absolute Gasteiger partial charge is 0.341 e. The number of halogens is 2. The molecule has 1 fully saturated rings. The molecule has 2 N–H and O–H groups in total. The van der Waals surface area contributed by atoms with Gasteiger partial charge in [-0.05, 0) is 74.6 Å². The highest BCUT2D eigenvalue weighted by Crippen LogP contribution is 2.41. The fraction of sp³-hybridized carbons (Fsp3) is 0.333. The summed E-state index contributed by atoms with van der Waals surface area (Å²) in [5, 5.41) is 14.4. The lowest BCUT2D eigenvalue weighted by Crippen LogP contribution is -2.49. The first-order valence-corrected chi connectivity index (χ1v) is 17.5. The summed E-state index contributed by atoms with van der Waals surface area (Å²) in [6.07, 6.45) is 1.55. The Hall–Kier alpha value is -3.88. The summed E-state index contributed by atoms with van der Waals surface area (Å²) in [7, 11) is 0. The molecule has 1 aliphatic heterocycles. The molecule has 0 atom stereocenters. The average molecular weight is 799 g/mol. The van der Waals surface area contributed by atoms with Crippen molar-refractivity contribution in [2.75, 3.05) is 37.7 Å². The molecule has 5 aromatic rings. The molecule has 1 saturated heterocycles. The van der Waals surface area contributed by atoms with Gasteiger partial charge in [0.1, 0.15) is 44.9 Å². The minimum absolute atomic E-state index is 0.125. The Morgan fingerprint density at radius 2 is 1.92 bits per heavy atom. The second-order valence-corrected chi connectivity index (χ2v) is 14.7. The van der Waals surface area contributed by atoms with Gasteiger partial charge in [0.25, 0.3) is 5.56 Å². The summed E-state index contributed by atoms with van der Waals surface area (Å²) in [4.78, 5) is 42.7. The van der Waals surface area contributed by atoms with Gasteiger partial charge in [0.15, 0.2) is 0 Å². The maximum Gasteiger partial charge on any atom is 0.341 e. The molecule has 1 aliphatic rings. The minimum Gasteiger partial charge on any atom is -0.491 e. The third kappa shape index (κ3) is 6.83. The molecule has 6 rings (SSSR count). The molecule has 1 aromatic carbocycles. The lowest BCUT2D eigenvalue weighted by Gasteiger charge is -2.33. The van der Waals surface area contributed by atoms with Crippen LogP contribution in [0, 0.1) is 22.0 Å². The van der Waals surface area contributed by atoms with Crippen LogP contribution in [0.15, 0.2) is 40.6 Å². The SMILES string of the molecule is Cc1nc2cnc(N3CCN(N)CC3)c(C#N)c2c(=O)n1CCOc1ccc(Cl)cc1-c1cc(I)nc2c(C(=O)OC(C)(C)C)csc12. The van der Waals surface area contributed by atoms with Crippen molar-refractivity contribution in [3.63, 3.8) is 0 Å². The third-order valence-corrected chi connectivity index (χ3v) is 9.60. The number of nitrogens with zero attached hydrogens (tertiary/aromatic N) is 7. The normalized spacial score (nSPS) is 14.0. The van der Waals surface area contributed by atoms with E-state index in [0.29, 0.717) is 74.5 Å². The van der Waals surface area contributed by atoms with Crippen molar-refractivity contribution in [1.29, 1.82) is 5.26 Å². The maximum atomic E-state index is 13.9. The number of nitrogens with two attached hydrogens (primary N) is 1. The molecule has 0 aliphatic carbocycles. The highest BCUT2D eigenvalue weighted by molar-refractivity contribution is 14.1. The van der Waals surface area contributed by atoms with Gasteiger partial charge < -0.3 is 14.4 Å². The van der Waals surface area contributed by atoms with E-state index in [2.05, 4.69) is 43.6 Å². The number of anilines is 1. The number of hydrogen-bond donors (Lipinski definition) is 1. The molecular weight excluding hydrogens is 767 g/mol. The zero-order valence-electron chi connectivity index (χ0n) is 26.7. The number of fused-ring (bicyclic) bond motifs is 2. The number of esters is 1. The van der Waals surface area contributed by atoms with Gasteiger partial charge in [0.2, 0.25) is 0 Å². The van der Waals surface area contributed by atoms with Gasteiger partial charge in [-0.15, -0.1) is 11.3 Å². The van der Waals surface area contributed by atoms with Crippen molar-refractivity contribution >= 4 is 78.4 Å². The average Bonchev–Trinajstić information content (AvgIpc) is 3.46. The number of benzene rings is 1. The number of hydrogen-bond acceptors (Lipinski definition) is 12. The van der Waals surface area contributed by atoms with Gasteiger partial charge in [0, 0.05) is 47.7 Å². The first-order chi connectivity index (χ1) is 22.8. The molecule has 12 nitrogen and oxygen atoms in total. The summed E-state index contributed by atoms with van der Waals surface area (Å²) >= 11 is 9.99. The van der Waals surface area contributed by atoms with Crippen molar-refractivity contribution in [2.45, 2.75) is 39.8 Å². The van der Waals surface area contributed by atoms with Crippen molar-refractivity contribution in [1.82, 2.24) is 24.5 Å². The van der Waals surface area contributed by atoms with Crippen molar-refractivity contribution < 1.29 is 14.3 Å². The topological polar surface area (TPSA) is 152 Å². The van der Waals surface area contributed by atoms with Crippen LogP contribution in [0.4, 0.5) is 5.82 Å². The van der Waals surface area contributed by atoms with Crippen LogP contribution in [0.3, 0.4) is 0 Å². The zero-order valence-corrected chi connectivity index (χ0v) is 30.4. The van der Waals surface area contributed by atoms with Crippen LogP contribution in [-0.4, -0.2) is 68.9 Å². The second kappa shape index (κ2) is 13.6. The number of thiophene rings is 1. The summed E-state index contributed by atoms with van der Waals surface area (Å²) in [5.41, 5.74) is 2.02. The minimum atomic E-state index is -0.652. The first-order valence-electron chi connectivity index (χ1n) is 15.1. The second-order valence-electron chi connectivity index (χ2n) is 12.3. The molecule has 0 spiro atoms. The fourth-order valence-corrected chi connectivity index (χ4v) is 7.32. The van der Waals surface area contributed by atoms with Crippen LogP contribution in [0.2, 0.25) is 5.02 Å². The van der Waals surface area contributed by atoms with Gasteiger partial charge in [-0.2, -0.15) is 5.26 Å². The lowest BCUT2D eigenvalue weighted by molar-refractivity contribution is 0.00721. The van der Waals surface area contributed by atoms with Crippen molar-refractivity contribution in [3.8, 4) is 22.9 Å². The molecule has 15 heteroatoms. The number of aryl methyl sites for hydroxylation is 1. The van der Waals surface area contributed by atoms with E-state index in [9.17, 15) is 14.9 Å². The Labute approximate surface area is 299 Å². The summed E-state index contributed by atoms with van der Waals surface area (Å²) in [6.45, 7) is 9.92. The Morgan fingerprint density at radius 1 is 1.17 bits per heavy atom. The highest BCUT2D eigenvalue weighted by atomic mass is 127. The molecule has 0 unspecified atom stereocenters. The predicted octanol–water partition coefficient (Wildman–Crippen LogP) is 5.54. The first kappa shape index (κ1) is 34.0. The standard InChI is InChI=1S/C33H32ClIN8O4S/c1-18-39-24-16-38-30(41-7-9-42(37)10-8-41)22(15-36)27(24)31(44)43(18)11-12-46-25-6-5-19(34)13-20(25)21-14-26(35)40-28-23(17-48-29(21)28)32(45)47-33(2,3)4/h5-6,13-14,16-17H,7-12,37H2,1-4H3. The number of ether oxygens (including phenoxy) is 2. The molecule has 0 bridgehead atoms. The van der Waals surface area contributed by atoms with E-state index >= 15 is 0 Å². The number of rotatable bonds is 7. The van der Waals surface area contributed by atoms with Gasteiger partial charge in [-0.3, -0.25) is 15.2 Å². The van der Waals surface area contributed by atoms with Crippen LogP contribution in [0.25, 0.3) is 32.2 Å². The van der Waals surface area contributed by atoms with E-state index in [-0.39, 0.29) is 29.7 Å².